The average Bonchev–Trinajstić information content (AvgIpc) is 2.59. The van der Waals surface area contributed by atoms with Crippen LogP contribution in [0, 0.1) is 0 Å². The number of halogens is 1. The number of nitrogens with zero attached hydrogens (tertiary/aromatic N) is 2. The molecule has 1 aromatic rings. The molecule has 15 heavy (non-hydrogen) atoms. The lowest BCUT2D eigenvalue weighted by molar-refractivity contribution is -0.131. The molecule has 0 spiro atoms. The molecule has 0 aliphatic carbocycles. The van der Waals surface area contributed by atoms with Gasteiger partial charge >= 0.3 is 5.97 Å². The van der Waals surface area contributed by atoms with Crippen LogP contribution in [0.4, 0.5) is 0 Å². The van der Waals surface area contributed by atoms with Crippen LogP contribution in [0.25, 0.3) is 6.08 Å². The van der Waals surface area contributed by atoms with Gasteiger partial charge < -0.3 is 9.67 Å². The molecular formula is C10H15IN2O2. The van der Waals surface area contributed by atoms with Crippen LogP contribution >= 0.6 is 24.0 Å². The largest absolute Gasteiger partial charge is 0.478 e. The third-order valence-electron chi connectivity index (χ3n) is 1.82. The second kappa shape index (κ2) is 7.44. The van der Waals surface area contributed by atoms with Crippen molar-refractivity contribution in [2.45, 2.75) is 26.3 Å². The molecule has 1 N–H and O–H groups in total. The van der Waals surface area contributed by atoms with Crippen molar-refractivity contribution in [2.75, 3.05) is 0 Å². The topological polar surface area (TPSA) is 55.1 Å². The summed E-state index contributed by atoms with van der Waals surface area (Å²) < 4.78 is 1.96. The molecule has 0 aromatic carbocycles. The summed E-state index contributed by atoms with van der Waals surface area (Å²) >= 11 is 0. The normalized spacial score (nSPS) is 10.2. The summed E-state index contributed by atoms with van der Waals surface area (Å²) in [4.78, 5) is 14.3. The van der Waals surface area contributed by atoms with Gasteiger partial charge in [-0.25, -0.2) is 9.78 Å². The van der Waals surface area contributed by atoms with Crippen LogP contribution in [0.3, 0.4) is 0 Å². The van der Waals surface area contributed by atoms with Gasteiger partial charge in [0, 0.05) is 18.8 Å². The molecule has 0 aliphatic rings. The van der Waals surface area contributed by atoms with Gasteiger partial charge in [-0.2, -0.15) is 0 Å². The predicted octanol–water partition coefficient (Wildman–Crippen LogP) is 2.40. The van der Waals surface area contributed by atoms with E-state index in [9.17, 15) is 4.79 Å². The molecule has 0 aliphatic heterocycles. The zero-order chi connectivity index (χ0) is 10.4. The number of aryl methyl sites for hydroxylation is 1. The average molecular weight is 322 g/mol. The van der Waals surface area contributed by atoms with E-state index in [1.165, 1.54) is 6.08 Å². The summed E-state index contributed by atoms with van der Waals surface area (Å²) in [6.07, 6.45) is 8.39. The lowest BCUT2D eigenvalue weighted by atomic mass is 10.3. The molecule has 0 atom stereocenters. The Labute approximate surface area is 106 Å². The van der Waals surface area contributed by atoms with Crippen LogP contribution in [-0.4, -0.2) is 20.6 Å². The Balaban J connectivity index is 0.00000196. The van der Waals surface area contributed by atoms with E-state index in [0.29, 0.717) is 5.69 Å². The van der Waals surface area contributed by atoms with Crippen LogP contribution < -0.4 is 0 Å². The molecule has 0 saturated carbocycles. The lowest BCUT2D eigenvalue weighted by Gasteiger charge is -1.96. The van der Waals surface area contributed by atoms with Gasteiger partial charge in [0.2, 0.25) is 0 Å². The fourth-order valence-electron chi connectivity index (χ4n) is 1.08. The van der Waals surface area contributed by atoms with Crippen LogP contribution in [0.5, 0.6) is 0 Å². The van der Waals surface area contributed by atoms with Crippen LogP contribution in [0.15, 0.2) is 18.6 Å². The first-order valence-corrected chi connectivity index (χ1v) is 4.65. The van der Waals surface area contributed by atoms with Crippen molar-refractivity contribution in [1.82, 2.24) is 9.55 Å². The first-order chi connectivity index (χ1) is 6.72. The highest BCUT2D eigenvalue weighted by Gasteiger charge is 1.95. The number of aliphatic carboxylic acids is 1. The Bertz CT molecular complexity index is 334. The quantitative estimate of drug-likeness (QED) is 0.669. The first kappa shape index (κ1) is 14.2. The molecule has 5 heteroatoms. The Morgan fingerprint density at radius 2 is 2.40 bits per heavy atom. The predicted molar refractivity (Wildman–Crippen MR) is 69.2 cm³/mol. The number of carboxylic acids is 1. The number of hydrogen-bond acceptors (Lipinski definition) is 2. The molecular weight excluding hydrogens is 307 g/mol. The van der Waals surface area contributed by atoms with Gasteiger partial charge in [0.15, 0.2) is 0 Å². The minimum Gasteiger partial charge on any atom is -0.478 e. The van der Waals surface area contributed by atoms with Crippen molar-refractivity contribution in [1.29, 1.82) is 0 Å². The SMILES string of the molecule is CCCCn1cnc(/C=C/C(=O)O)c1.I. The summed E-state index contributed by atoms with van der Waals surface area (Å²) in [6, 6.07) is 0. The monoisotopic (exact) mass is 322 g/mol. The standard InChI is InChI=1S/C10H14N2O2.HI/c1-2-3-6-12-7-9(11-8-12)4-5-10(13)14;/h4-5,7-8H,2-3,6H2,1H3,(H,13,14);1H/b5-4+;. The lowest BCUT2D eigenvalue weighted by Crippen LogP contribution is -1.92. The minimum atomic E-state index is -0.951. The number of rotatable bonds is 5. The van der Waals surface area contributed by atoms with Crippen LogP contribution in [-0.2, 0) is 11.3 Å². The summed E-state index contributed by atoms with van der Waals surface area (Å²) in [7, 11) is 0. The van der Waals surface area contributed by atoms with Crippen molar-refractivity contribution in [3.63, 3.8) is 0 Å². The van der Waals surface area contributed by atoms with Crippen molar-refractivity contribution >= 4 is 36.0 Å². The molecule has 84 valence electrons. The maximum absolute atomic E-state index is 10.2. The van der Waals surface area contributed by atoms with Gasteiger partial charge in [-0.1, -0.05) is 13.3 Å². The van der Waals surface area contributed by atoms with Gasteiger partial charge in [0.05, 0.1) is 12.0 Å². The smallest absolute Gasteiger partial charge is 0.328 e. The number of imidazole rings is 1. The molecule has 0 bridgehead atoms. The summed E-state index contributed by atoms with van der Waals surface area (Å²) in [5.74, 6) is -0.951. The van der Waals surface area contributed by atoms with E-state index < -0.39 is 5.97 Å². The number of hydrogen-bond donors (Lipinski definition) is 1. The van der Waals surface area contributed by atoms with Gasteiger partial charge in [-0.15, -0.1) is 24.0 Å². The fourth-order valence-corrected chi connectivity index (χ4v) is 1.08. The second-order valence-corrected chi connectivity index (χ2v) is 3.06. The third kappa shape index (κ3) is 5.56. The van der Waals surface area contributed by atoms with E-state index in [4.69, 9.17) is 5.11 Å². The number of carbonyl (C=O) groups is 1. The molecule has 0 saturated heterocycles. The molecule has 0 unspecified atom stereocenters. The van der Waals surface area contributed by atoms with Crippen molar-refractivity contribution < 1.29 is 9.90 Å². The maximum atomic E-state index is 10.2. The van der Waals surface area contributed by atoms with E-state index in [2.05, 4.69) is 11.9 Å². The fraction of sp³-hybridized carbons (Fsp3) is 0.400. The number of unbranched alkanes of at least 4 members (excludes halogenated alkanes) is 1. The molecule has 1 rings (SSSR count). The van der Waals surface area contributed by atoms with E-state index in [0.717, 1.165) is 25.5 Å². The van der Waals surface area contributed by atoms with Crippen LogP contribution in [0.2, 0.25) is 0 Å². The Morgan fingerprint density at radius 1 is 1.67 bits per heavy atom. The van der Waals surface area contributed by atoms with Crippen molar-refractivity contribution in [2.24, 2.45) is 0 Å². The highest BCUT2D eigenvalue weighted by Crippen LogP contribution is 2.01. The third-order valence-corrected chi connectivity index (χ3v) is 1.82. The zero-order valence-corrected chi connectivity index (χ0v) is 10.9. The van der Waals surface area contributed by atoms with Gasteiger partial charge in [-0.05, 0) is 12.5 Å². The van der Waals surface area contributed by atoms with Crippen molar-refractivity contribution in [3.8, 4) is 0 Å². The molecule has 1 heterocycles. The van der Waals surface area contributed by atoms with Crippen LogP contribution in [0.1, 0.15) is 25.5 Å². The Hall–Kier alpha value is -0.850. The number of aromatic nitrogens is 2. The van der Waals surface area contributed by atoms with Gasteiger partial charge in [-0.3, -0.25) is 0 Å². The molecule has 1 aromatic heterocycles. The highest BCUT2D eigenvalue weighted by molar-refractivity contribution is 14.0. The maximum Gasteiger partial charge on any atom is 0.328 e. The zero-order valence-electron chi connectivity index (χ0n) is 8.59. The van der Waals surface area contributed by atoms with E-state index in [1.807, 2.05) is 10.8 Å². The van der Waals surface area contributed by atoms with E-state index >= 15 is 0 Å². The highest BCUT2D eigenvalue weighted by atomic mass is 127. The summed E-state index contributed by atoms with van der Waals surface area (Å²) in [5.41, 5.74) is 0.684. The van der Waals surface area contributed by atoms with E-state index in [-0.39, 0.29) is 24.0 Å². The molecule has 4 nitrogen and oxygen atoms in total. The summed E-state index contributed by atoms with van der Waals surface area (Å²) in [6.45, 7) is 3.06. The second-order valence-electron chi connectivity index (χ2n) is 3.06. The van der Waals surface area contributed by atoms with E-state index in [1.54, 1.807) is 6.33 Å². The molecule has 0 amide bonds. The Morgan fingerprint density at radius 3 is 3.00 bits per heavy atom. The minimum absolute atomic E-state index is 0. The van der Waals surface area contributed by atoms with Crippen molar-refractivity contribution in [3.05, 3.63) is 24.3 Å². The van der Waals surface area contributed by atoms with Gasteiger partial charge in [0.1, 0.15) is 0 Å². The first-order valence-electron chi connectivity index (χ1n) is 4.65. The Kier molecular flexibility index (Phi) is 7.02. The molecule has 0 fully saturated rings. The summed E-state index contributed by atoms with van der Waals surface area (Å²) in [5, 5.41) is 8.40. The molecule has 0 radical (unpaired) electrons. The van der Waals surface area contributed by atoms with Gasteiger partial charge in [0.25, 0.3) is 0 Å². The number of carboxylic acid groups (broad SMARTS) is 1.